The van der Waals surface area contributed by atoms with Crippen molar-refractivity contribution >= 4 is 46.6 Å². The smallest absolute Gasteiger partial charge is 0.316 e. The first-order valence-corrected chi connectivity index (χ1v) is 8.91. The first kappa shape index (κ1) is 20.5. The van der Waals surface area contributed by atoms with Gasteiger partial charge in [0.15, 0.2) is 6.61 Å². The third-order valence-electron chi connectivity index (χ3n) is 3.22. The summed E-state index contributed by atoms with van der Waals surface area (Å²) in [5, 5.41) is 13.1. The van der Waals surface area contributed by atoms with Crippen LogP contribution in [0.4, 0.5) is 11.4 Å². The van der Waals surface area contributed by atoms with E-state index in [1.54, 1.807) is 31.4 Å². The molecule has 2 aromatic rings. The maximum absolute atomic E-state index is 11.8. The number of anilines is 1. The lowest BCUT2D eigenvalue weighted by molar-refractivity contribution is -0.384. The number of amides is 1. The molecule has 2 aromatic carbocycles. The minimum Gasteiger partial charge on any atom is -0.497 e. The number of methoxy groups -OCH3 is 1. The van der Waals surface area contributed by atoms with Gasteiger partial charge >= 0.3 is 5.97 Å². The number of nitrogens with zero attached hydrogens (tertiary/aromatic N) is 1. The average molecular weight is 411 g/mol. The fourth-order valence-corrected chi connectivity index (χ4v) is 2.83. The zero-order valence-electron chi connectivity index (χ0n) is 14.1. The van der Waals surface area contributed by atoms with Gasteiger partial charge in [0.2, 0.25) is 0 Å². The van der Waals surface area contributed by atoms with Crippen molar-refractivity contribution in [3.05, 3.63) is 57.6 Å². The van der Waals surface area contributed by atoms with Crippen molar-refractivity contribution in [1.29, 1.82) is 0 Å². The van der Waals surface area contributed by atoms with E-state index < -0.39 is 23.4 Å². The summed E-state index contributed by atoms with van der Waals surface area (Å²) in [6.07, 6.45) is 0. The number of benzene rings is 2. The van der Waals surface area contributed by atoms with Crippen LogP contribution < -0.4 is 10.1 Å². The van der Waals surface area contributed by atoms with E-state index >= 15 is 0 Å². The molecule has 8 nitrogen and oxygen atoms in total. The summed E-state index contributed by atoms with van der Waals surface area (Å²) in [5.41, 5.74) is -0.00379. The number of carbonyl (C=O) groups excluding carboxylic acids is 2. The van der Waals surface area contributed by atoms with E-state index in [1.165, 1.54) is 23.9 Å². The minimum absolute atomic E-state index is 0.0129. The molecule has 0 heterocycles. The Morgan fingerprint density at radius 1 is 1.22 bits per heavy atom. The molecule has 0 saturated heterocycles. The molecule has 0 atom stereocenters. The van der Waals surface area contributed by atoms with Crippen molar-refractivity contribution in [2.24, 2.45) is 0 Å². The Labute approximate surface area is 163 Å². The number of nitrogens with one attached hydrogen (secondary N) is 1. The van der Waals surface area contributed by atoms with E-state index in [1.807, 2.05) is 0 Å². The SMILES string of the molecule is COc1ccc(SCC(=O)OCC(=O)Nc2ccc([N+](=O)[O-])cc2Cl)cc1. The molecule has 0 aliphatic heterocycles. The number of nitro benzene ring substituents is 1. The van der Waals surface area contributed by atoms with Crippen molar-refractivity contribution in [1.82, 2.24) is 0 Å². The topological polar surface area (TPSA) is 108 Å². The van der Waals surface area contributed by atoms with Crippen LogP contribution in [0.2, 0.25) is 5.02 Å². The van der Waals surface area contributed by atoms with Gasteiger partial charge in [0.05, 0.1) is 28.5 Å². The van der Waals surface area contributed by atoms with Crippen LogP contribution in [0, 0.1) is 10.1 Å². The van der Waals surface area contributed by atoms with Crippen LogP contribution in [-0.4, -0.2) is 36.3 Å². The summed E-state index contributed by atoms with van der Waals surface area (Å²) >= 11 is 7.14. The van der Waals surface area contributed by atoms with Crippen molar-refractivity contribution in [3.8, 4) is 5.75 Å². The number of hydrogen-bond acceptors (Lipinski definition) is 7. The summed E-state index contributed by atoms with van der Waals surface area (Å²) in [6.45, 7) is -0.491. The molecular formula is C17H15ClN2O6S. The zero-order valence-corrected chi connectivity index (χ0v) is 15.7. The molecule has 1 amide bonds. The lowest BCUT2D eigenvalue weighted by atomic mass is 10.3. The Morgan fingerprint density at radius 2 is 1.93 bits per heavy atom. The highest BCUT2D eigenvalue weighted by molar-refractivity contribution is 8.00. The molecule has 0 aliphatic carbocycles. The first-order chi connectivity index (χ1) is 12.9. The second kappa shape index (κ2) is 9.79. The standard InChI is InChI=1S/C17H15ClN2O6S/c1-25-12-3-5-13(6-4-12)27-10-17(22)26-9-16(21)19-15-7-2-11(20(23)24)8-14(15)18/h2-8H,9-10H2,1H3,(H,19,21). The summed E-state index contributed by atoms with van der Waals surface area (Å²) < 4.78 is 9.94. The van der Waals surface area contributed by atoms with Gasteiger partial charge in [-0.3, -0.25) is 19.7 Å². The fourth-order valence-electron chi connectivity index (χ4n) is 1.91. The van der Waals surface area contributed by atoms with Crippen LogP contribution in [0.3, 0.4) is 0 Å². The van der Waals surface area contributed by atoms with E-state index in [2.05, 4.69) is 5.32 Å². The Balaban J connectivity index is 1.77. The van der Waals surface area contributed by atoms with Crippen molar-refractivity contribution in [2.75, 3.05) is 24.8 Å². The molecule has 0 aliphatic rings. The molecule has 0 aromatic heterocycles. The maximum Gasteiger partial charge on any atom is 0.316 e. The lowest BCUT2D eigenvalue weighted by Crippen LogP contribution is -2.21. The molecule has 10 heteroatoms. The minimum atomic E-state index is -0.603. The Hall–Kier alpha value is -2.78. The van der Waals surface area contributed by atoms with Crippen molar-refractivity contribution in [2.45, 2.75) is 4.90 Å². The predicted molar refractivity (Wildman–Crippen MR) is 101 cm³/mol. The molecule has 0 saturated carbocycles. The van der Waals surface area contributed by atoms with Crippen molar-refractivity contribution < 1.29 is 24.0 Å². The molecule has 0 spiro atoms. The number of rotatable bonds is 8. The van der Waals surface area contributed by atoms with Crippen LogP contribution in [-0.2, 0) is 14.3 Å². The van der Waals surface area contributed by atoms with Gasteiger partial charge in [-0.1, -0.05) is 11.6 Å². The number of hydrogen-bond donors (Lipinski definition) is 1. The Kier molecular flexibility index (Phi) is 7.44. The number of nitro groups is 1. The summed E-state index contributed by atoms with van der Waals surface area (Å²) in [6, 6.07) is 10.8. The van der Waals surface area contributed by atoms with Gasteiger partial charge in [0.1, 0.15) is 5.75 Å². The van der Waals surface area contributed by atoms with Crippen LogP contribution >= 0.6 is 23.4 Å². The molecule has 0 unspecified atom stereocenters. The number of esters is 1. The van der Waals surface area contributed by atoms with Gasteiger partial charge in [-0.05, 0) is 30.3 Å². The number of non-ortho nitro benzene ring substituents is 1. The van der Waals surface area contributed by atoms with Gasteiger partial charge in [0, 0.05) is 17.0 Å². The van der Waals surface area contributed by atoms with Gasteiger partial charge < -0.3 is 14.8 Å². The quantitative estimate of drug-likeness (QED) is 0.307. The predicted octanol–water partition coefficient (Wildman–Crippen LogP) is 3.53. The highest BCUT2D eigenvalue weighted by atomic mass is 35.5. The molecule has 2 rings (SSSR count). The summed E-state index contributed by atoms with van der Waals surface area (Å²) in [7, 11) is 1.56. The van der Waals surface area contributed by atoms with E-state index in [-0.39, 0.29) is 22.2 Å². The van der Waals surface area contributed by atoms with E-state index in [0.29, 0.717) is 5.75 Å². The number of carbonyl (C=O) groups is 2. The Morgan fingerprint density at radius 3 is 2.52 bits per heavy atom. The molecule has 0 bridgehead atoms. The average Bonchev–Trinajstić information content (AvgIpc) is 2.66. The monoisotopic (exact) mass is 410 g/mol. The number of halogens is 1. The zero-order chi connectivity index (χ0) is 19.8. The van der Waals surface area contributed by atoms with E-state index in [4.69, 9.17) is 21.1 Å². The molecule has 0 fully saturated rings. The van der Waals surface area contributed by atoms with Gasteiger partial charge in [-0.2, -0.15) is 0 Å². The second-order valence-electron chi connectivity index (χ2n) is 5.09. The third-order valence-corrected chi connectivity index (χ3v) is 4.52. The number of thioether (sulfide) groups is 1. The fraction of sp³-hybridized carbons (Fsp3) is 0.176. The molecular weight excluding hydrogens is 396 g/mol. The first-order valence-electron chi connectivity index (χ1n) is 7.55. The number of ether oxygens (including phenoxy) is 2. The summed E-state index contributed by atoms with van der Waals surface area (Å²) in [5.74, 6) is -0.407. The molecule has 0 radical (unpaired) electrons. The van der Waals surface area contributed by atoms with E-state index in [9.17, 15) is 19.7 Å². The van der Waals surface area contributed by atoms with Crippen molar-refractivity contribution in [3.63, 3.8) is 0 Å². The van der Waals surface area contributed by atoms with Crippen LogP contribution in [0.1, 0.15) is 0 Å². The van der Waals surface area contributed by atoms with Crippen LogP contribution in [0.5, 0.6) is 5.75 Å². The van der Waals surface area contributed by atoms with Gasteiger partial charge in [-0.25, -0.2) is 0 Å². The largest absolute Gasteiger partial charge is 0.497 e. The van der Waals surface area contributed by atoms with Crippen LogP contribution in [0.15, 0.2) is 47.4 Å². The van der Waals surface area contributed by atoms with Crippen LogP contribution in [0.25, 0.3) is 0 Å². The highest BCUT2D eigenvalue weighted by Gasteiger charge is 2.13. The van der Waals surface area contributed by atoms with E-state index in [0.717, 1.165) is 11.0 Å². The normalized spacial score (nSPS) is 10.1. The molecule has 27 heavy (non-hydrogen) atoms. The summed E-state index contributed by atoms with van der Waals surface area (Å²) in [4.78, 5) is 34.5. The third kappa shape index (κ3) is 6.46. The molecule has 142 valence electrons. The maximum atomic E-state index is 11.8. The Bertz CT molecular complexity index is 844. The lowest BCUT2D eigenvalue weighted by Gasteiger charge is -2.08. The molecule has 1 N–H and O–H groups in total. The highest BCUT2D eigenvalue weighted by Crippen LogP contribution is 2.26. The second-order valence-corrected chi connectivity index (χ2v) is 6.55. The van der Waals surface area contributed by atoms with Gasteiger partial charge in [0.25, 0.3) is 11.6 Å². The van der Waals surface area contributed by atoms with Gasteiger partial charge in [-0.15, -0.1) is 11.8 Å².